The molecule has 0 aliphatic carbocycles. The molecule has 4 heterocycles. The Bertz CT molecular complexity index is 1250. The van der Waals surface area contributed by atoms with Crippen LogP contribution >= 0.6 is 0 Å². The van der Waals surface area contributed by atoms with Crippen LogP contribution < -0.4 is 16.3 Å². The molecule has 1 aromatic carbocycles. The Morgan fingerprint density at radius 3 is 2.43 bits per heavy atom. The highest BCUT2D eigenvalue weighted by Gasteiger charge is 2.28. The number of rotatable bonds is 4. The average Bonchev–Trinajstić information content (AvgIpc) is 3.43. The van der Waals surface area contributed by atoms with Crippen molar-refractivity contribution >= 4 is 22.8 Å². The van der Waals surface area contributed by atoms with E-state index in [0.29, 0.717) is 30.2 Å². The van der Waals surface area contributed by atoms with Crippen molar-refractivity contribution in [1.29, 1.82) is 0 Å². The zero-order chi connectivity index (χ0) is 20.8. The molecular formula is C21H25N7O2. The fourth-order valence-corrected chi connectivity index (χ4v) is 4.33. The van der Waals surface area contributed by atoms with Crippen LogP contribution in [0.1, 0.15) is 18.4 Å². The van der Waals surface area contributed by atoms with Gasteiger partial charge in [-0.25, -0.2) is 9.80 Å². The number of anilines is 1. The molecule has 0 bridgehead atoms. The Balaban J connectivity index is 1.64. The molecular weight excluding hydrogens is 382 g/mol. The summed E-state index contributed by atoms with van der Waals surface area (Å²) in [7, 11) is 3.15. The van der Waals surface area contributed by atoms with Gasteiger partial charge in [0.1, 0.15) is 0 Å². The van der Waals surface area contributed by atoms with E-state index in [1.54, 1.807) is 7.05 Å². The molecule has 9 nitrogen and oxygen atoms in total. The molecule has 1 fully saturated rings. The van der Waals surface area contributed by atoms with E-state index in [1.807, 2.05) is 39.9 Å². The smallest absolute Gasteiger partial charge is 0.301 e. The summed E-state index contributed by atoms with van der Waals surface area (Å²) in [5.41, 5.74) is 2.01. The topological polar surface area (TPSA) is 80.7 Å². The molecule has 0 amide bonds. The van der Waals surface area contributed by atoms with Crippen molar-refractivity contribution in [1.82, 2.24) is 23.6 Å². The predicted molar refractivity (Wildman–Crippen MR) is 116 cm³/mol. The quantitative estimate of drug-likeness (QED) is 0.638. The Morgan fingerprint density at radius 2 is 1.70 bits per heavy atom. The van der Waals surface area contributed by atoms with Gasteiger partial charge < -0.3 is 4.90 Å². The number of imidazole rings is 1. The highest BCUT2D eigenvalue weighted by Crippen LogP contribution is 2.25. The van der Waals surface area contributed by atoms with E-state index in [9.17, 15) is 9.59 Å². The highest BCUT2D eigenvalue weighted by atomic mass is 16.2. The van der Waals surface area contributed by atoms with Crippen LogP contribution in [-0.4, -0.2) is 55.5 Å². The van der Waals surface area contributed by atoms with Gasteiger partial charge >= 0.3 is 5.69 Å². The van der Waals surface area contributed by atoms with Crippen molar-refractivity contribution in [2.75, 3.05) is 31.2 Å². The van der Waals surface area contributed by atoms with Crippen LogP contribution in [0.4, 0.5) is 5.95 Å². The fourth-order valence-electron chi connectivity index (χ4n) is 4.33. The average molecular weight is 407 g/mol. The number of nitrogens with zero attached hydrogens (tertiary/aromatic N) is 7. The second-order valence-corrected chi connectivity index (χ2v) is 7.96. The Morgan fingerprint density at radius 1 is 0.967 bits per heavy atom. The Hall–Kier alpha value is -3.20. The minimum Gasteiger partial charge on any atom is -0.301 e. The van der Waals surface area contributed by atoms with E-state index in [-0.39, 0.29) is 11.2 Å². The molecule has 9 heteroatoms. The van der Waals surface area contributed by atoms with E-state index in [4.69, 9.17) is 5.10 Å². The predicted octanol–water partition coefficient (Wildman–Crippen LogP) is 0.754. The summed E-state index contributed by atoms with van der Waals surface area (Å²) in [4.78, 5) is 32.5. The molecule has 2 aliphatic heterocycles. The van der Waals surface area contributed by atoms with Crippen molar-refractivity contribution < 1.29 is 0 Å². The van der Waals surface area contributed by atoms with Crippen molar-refractivity contribution in [3.8, 4) is 0 Å². The first kappa shape index (κ1) is 18.8. The summed E-state index contributed by atoms with van der Waals surface area (Å²) in [6, 6.07) is 9.99. The molecule has 5 rings (SSSR count). The maximum Gasteiger partial charge on any atom is 0.332 e. The molecule has 1 saturated heterocycles. The molecule has 0 saturated carbocycles. The minimum atomic E-state index is -0.379. The largest absolute Gasteiger partial charge is 0.332 e. The van der Waals surface area contributed by atoms with Crippen molar-refractivity contribution in [2.24, 2.45) is 19.2 Å². The zero-order valence-corrected chi connectivity index (χ0v) is 17.3. The van der Waals surface area contributed by atoms with E-state index < -0.39 is 0 Å². The van der Waals surface area contributed by atoms with Crippen LogP contribution in [0.2, 0.25) is 0 Å². The molecule has 2 aromatic heterocycles. The first-order valence-corrected chi connectivity index (χ1v) is 10.3. The van der Waals surface area contributed by atoms with Crippen LogP contribution in [0.25, 0.3) is 11.2 Å². The van der Waals surface area contributed by atoms with E-state index in [2.05, 4.69) is 9.88 Å². The van der Waals surface area contributed by atoms with Gasteiger partial charge in [0.2, 0.25) is 5.95 Å². The molecule has 0 unspecified atom stereocenters. The van der Waals surface area contributed by atoms with Gasteiger partial charge in [-0.15, -0.1) is 0 Å². The van der Waals surface area contributed by atoms with Gasteiger partial charge in [0, 0.05) is 20.6 Å². The monoisotopic (exact) mass is 407 g/mol. The van der Waals surface area contributed by atoms with Gasteiger partial charge in [-0.2, -0.15) is 10.1 Å². The van der Waals surface area contributed by atoms with Crippen LogP contribution in [-0.2, 0) is 20.6 Å². The van der Waals surface area contributed by atoms with Gasteiger partial charge in [-0.05, 0) is 31.5 Å². The summed E-state index contributed by atoms with van der Waals surface area (Å²) in [5.74, 6) is 0.613. The summed E-state index contributed by atoms with van der Waals surface area (Å²) < 4.78 is 4.47. The Labute approximate surface area is 173 Å². The number of likely N-dealkylation sites (tertiary alicyclic amines) is 1. The van der Waals surface area contributed by atoms with Crippen molar-refractivity contribution in [2.45, 2.75) is 19.4 Å². The van der Waals surface area contributed by atoms with Crippen LogP contribution in [0, 0.1) is 0 Å². The second-order valence-electron chi connectivity index (χ2n) is 7.96. The number of hydrogen-bond acceptors (Lipinski definition) is 6. The van der Waals surface area contributed by atoms with Crippen LogP contribution in [0.5, 0.6) is 0 Å². The van der Waals surface area contributed by atoms with E-state index in [0.717, 1.165) is 35.5 Å². The van der Waals surface area contributed by atoms with Crippen molar-refractivity contribution in [3.05, 3.63) is 56.7 Å². The SMILES string of the molecule is Cn1c(=O)c2c(nc3n2CC(c2ccccc2)=NN3CCN2CCCC2)n(C)c1=O. The number of aromatic nitrogens is 4. The summed E-state index contributed by atoms with van der Waals surface area (Å²) in [6.07, 6.45) is 2.46. The van der Waals surface area contributed by atoms with E-state index in [1.165, 1.54) is 24.5 Å². The van der Waals surface area contributed by atoms with Gasteiger partial charge in [-0.1, -0.05) is 30.3 Å². The number of hydrazone groups is 1. The third kappa shape index (κ3) is 2.97. The third-order valence-corrected chi connectivity index (χ3v) is 6.04. The zero-order valence-electron chi connectivity index (χ0n) is 17.3. The Kier molecular flexibility index (Phi) is 4.54. The molecule has 0 spiro atoms. The second kappa shape index (κ2) is 7.24. The third-order valence-electron chi connectivity index (χ3n) is 6.04. The number of aryl methyl sites for hydroxylation is 1. The van der Waals surface area contributed by atoms with Gasteiger partial charge in [-0.3, -0.25) is 18.5 Å². The normalized spacial score (nSPS) is 16.9. The standard InChI is InChI=1S/C21H25N7O2/c1-24-18-17(19(29)25(2)21(24)30)27-14-16(15-8-4-3-5-9-15)23-28(20(27)22-18)13-12-26-10-6-7-11-26/h3-5,8-9H,6-7,10-14H2,1-2H3. The first-order valence-electron chi connectivity index (χ1n) is 10.3. The molecule has 0 atom stereocenters. The molecule has 30 heavy (non-hydrogen) atoms. The lowest BCUT2D eigenvalue weighted by atomic mass is 10.1. The molecule has 3 aromatic rings. The molecule has 2 aliphatic rings. The highest BCUT2D eigenvalue weighted by molar-refractivity contribution is 6.02. The molecule has 0 radical (unpaired) electrons. The lowest BCUT2D eigenvalue weighted by Gasteiger charge is -2.27. The summed E-state index contributed by atoms with van der Waals surface area (Å²) in [6.45, 7) is 4.20. The minimum absolute atomic E-state index is 0.333. The summed E-state index contributed by atoms with van der Waals surface area (Å²) >= 11 is 0. The maximum absolute atomic E-state index is 13.0. The van der Waals surface area contributed by atoms with E-state index >= 15 is 0 Å². The first-order chi connectivity index (χ1) is 14.5. The number of benzene rings is 1. The van der Waals surface area contributed by atoms with Gasteiger partial charge in [0.25, 0.3) is 5.56 Å². The molecule has 0 N–H and O–H groups in total. The van der Waals surface area contributed by atoms with Gasteiger partial charge in [0.15, 0.2) is 11.2 Å². The van der Waals surface area contributed by atoms with Crippen molar-refractivity contribution in [3.63, 3.8) is 0 Å². The van der Waals surface area contributed by atoms with Crippen LogP contribution in [0.15, 0.2) is 45.0 Å². The lowest BCUT2D eigenvalue weighted by molar-refractivity contribution is 0.344. The van der Waals surface area contributed by atoms with Gasteiger partial charge in [0.05, 0.1) is 18.8 Å². The number of hydrogen-bond donors (Lipinski definition) is 0. The van der Waals surface area contributed by atoms with Crippen LogP contribution in [0.3, 0.4) is 0 Å². The molecule has 156 valence electrons. The fraction of sp³-hybridized carbons (Fsp3) is 0.429. The summed E-state index contributed by atoms with van der Waals surface area (Å²) in [5, 5.41) is 6.78. The lowest BCUT2D eigenvalue weighted by Crippen LogP contribution is -2.39. The maximum atomic E-state index is 13.0. The number of fused-ring (bicyclic) bond motifs is 3.